The summed E-state index contributed by atoms with van der Waals surface area (Å²) in [5.41, 5.74) is 6.60. The second-order valence-electron chi connectivity index (χ2n) is 7.98. The normalized spacial score (nSPS) is 11.1. The van der Waals surface area contributed by atoms with E-state index in [0.717, 1.165) is 38.4 Å². The molecule has 2 heterocycles. The lowest BCUT2D eigenvalue weighted by Gasteiger charge is -2.17. The summed E-state index contributed by atoms with van der Waals surface area (Å²) in [7, 11) is 0. The minimum absolute atomic E-state index is 0.329. The van der Waals surface area contributed by atoms with Crippen molar-refractivity contribution in [1.82, 2.24) is 14.9 Å². The van der Waals surface area contributed by atoms with Crippen molar-refractivity contribution in [2.75, 3.05) is 6.61 Å². The standard InChI is InChI=1S/C27H22BrN3O4/c1-3-33-27(32)19-5-4-6-21(14-19)31-17(2)7-11-25(31)22-15-20(28)9-12-26(22)34-16-18-8-10-23-24(13-18)30-35-29-23/h4-15H,3,16H2,1-2H3. The molecule has 8 heteroatoms. The third-order valence-electron chi connectivity index (χ3n) is 5.62. The van der Waals surface area contributed by atoms with Gasteiger partial charge in [0.25, 0.3) is 0 Å². The van der Waals surface area contributed by atoms with Crippen LogP contribution >= 0.6 is 15.9 Å². The van der Waals surface area contributed by atoms with Gasteiger partial charge in [-0.15, -0.1) is 0 Å². The molecule has 0 amide bonds. The van der Waals surface area contributed by atoms with E-state index >= 15 is 0 Å². The summed E-state index contributed by atoms with van der Waals surface area (Å²) < 4.78 is 19.3. The maximum Gasteiger partial charge on any atom is 0.338 e. The summed E-state index contributed by atoms with van der Waals surface area (Å²) in [6.45, 7) is 4.51. The molecule has 3 aromatic carbocycles. The van der Waals surface area contributed by atoms with Crippen molar-refractivity contribution < 1.29 is 18.9 Å². The third kappa shape index (κ3) is 4.70. The van der Waals surface area contributed by atoms with Gasteiger partial charge in [-0.05, 0) is 90.4 Å². The SMILES string of the molecule is CCOC(=O)c1cccc(-n2c(C)ccc2-c2cc(Br)ccc2OCc2ccc3nonc3c2)c1. The molecule has 0 unspecified atom stereocenters. The lowest BCUT2D eigenvalue weighted by atomic mass is 10.1. The Balaban J connectivity index is 1.51. The highest BCUT2D eigenvalue weighted by Gasteiger charge is 2.16. The molecule has 5 aromatic rings. The molecule has 176 valence electrons. The predicted octanol–water partition coefficient (Wildman–Crippen LogP) is 6.51. The molecule has 5 rings (SSSR count). The second kappa shape index (κ2) is 9.76. The molecule has 0 aliphatic carbocycles. The number of rotatable bonds is 7. The van der Waals surface area contributed by atoms with Crippen LogP contribution in [0, 0.1) is 6.92 Å². The molecule has 0 aliphatic rings. The number of benzene rings is 3. The van der Waals surface area contributed by atoms with Crippen LogP contribution in [-0.4, -0.2) is 27.5 Å². The molecule has 0 atom stereocenters. The van der Waals surface area contributed by atoms with Crippen LogP contribution < -0.4 is 4.74 Å². The van der Waals surface area contributed by atoms with E-state index < -0.39 is 0 Å². The zero-order valence-electron chi connectivity index (χ0n) is 19.2. The fraction of sp³-hybridized carbons (Fsp3) is 0.148. The number of carbonyl (C=O) groups excluding carboxylic acids is 1. The first-order valence-corrected chi connectivity index (χ1v) is 11.9. The van der Waals surface area contributed by atoms with E-state index in [-0.39, 0.29) is 5.97 Å². The van der Waals surface area contributed by atoms with Crippen LogP contribution in [-0.2, 0) is 11.3 Å². The van der Waals surface area contributed by atoms with Gasteiger partial charge in [0.2, 0.25) is 0 Å². The zero-order chi connectivity index (χ0) is 24.4. The smallest absolute Gasteiger partial charge is 0.338 e. The molecule has 7 nitrogen and oxygen atoms in total. The van der Waals surface area contributed by atoms with Crippen molar-refractivity contribution in [3.8, 4) is 22.7 Å². The van der Waals surface area contributed by atoms with Gasteiger partial charge >= 0.3 is 5.97 Å². The molecule has 0 bridgehead atoms. The Labute approximate surface area is 210 Å². The molecule has 0 saturated heterocycles. The molecule has 0 aliphatic heterocycles. The fourth-order valence-electron chi connectivity index (χ4n) is 3.98. The summed E-state index contributed by atoms with van der Waals surface area (Å²) in [4.78, 5) is 12.3. The van der Waals surface area contributed by atoms with Gasteiger partial charge in [0, 0.05) is 21.4 Å². The Morgan fingerprint density at radius 3 is 2.71 bits per heavy atom. The number of esters is 1. The van der Waals surface area contributed by atoms with E-state index in [1.807, 2.05) is 73.7 Å². The minimum Gasteiger partial charge on any atom is -0.488 e. The van der Waals surface area contributed by atoms with Gasteiger partial charge in [-0.3, -0.25) is 0 Å². The number of aromatic nitrogens is 3. The number of carbonyl (C=O) groups is 1. The molecular formula is C27H22BrN3O4. The molecule has 0 saturated carbocycles. The van der Waals surface area contributed by atoms with Crippen LogP contribution in [0.5, 0.6) is 5.75 Å². The van der Waals surface area contributed by atoms with Crippen LogP contribution in [0.25, 0.3) is 28.0 Å². The first kappa shape index (κ1) is 22.9. The van der Waals surface area contributed by atoms with E-state index in [9.17, 15) is 4.79 Å². The highest BCUT2D eigenvalue weighted by molar-refractivity contribution is 9.10. The van der Waals surface area contributed by atoms with E-state index in [4.69, 9.17) is 14.1 Å². The number of nitrogens with zero attached hydrogens (tertiary/aromatic N) is 3. The Bertz CT molecular complexity index is 1520. The van der Waals surface area contributed by atoms with E-state index in [0.29, 0.717) is 29.8 Å². The number of fused-ring (bicyclic) bond motifs is 1. The number of halogens is 1. The summed E-state index contributed by atoms with van der Waals surface area (Å²) in [5.74, 6) is 0.388. The molecule has 35 heavy (non-hydrogen) atoms. The lowest BCUT2D eigenvalue weighted by Crippen LogP contribution is -2.07. The van der Waals surface area contributed by atoms with Gasteiger partial charge in [-0.2, -0.15) is 0 Å². The predicted molar refractivity (Wildman–Crippen MR) is 136 cm³/mol. The van der Waals surface area contributed by atoms with Crippen molar-refractivity contribution >= 4 is 32.9 Å². The van der Waals surface area contributed by atoms with Crippen molar-refractivity contribution in [2.45, 2.75) is 20.5 Å². The van der Waals surface area contributed by atoms with Crippen LogP contribution in [0.15, 0.2) is 81.9 Å². The topological polar surface area (TPSA) is 79.4 Å². The van der Waals surface area contributed by atoms with Crippen molar-refractivity contribution in [3.63, 3.8) is 0 Å². The van der Waals surface area contributed by atoms with E-state index in [1.54, 1.807) is 13.0 Å². The molecule has 0 fully saturated rings. The zero-order valence-corrected chi connectivity index (χ0v) is 20.8. The average molecular weight is 532 g/mol. The van der Waals surface area contributed by atoms with Crippen molar-refractivity contribution in [3.05, 3.63) is 94.1 Å². The molecule has 0 spiro atoms. The molecule has 0 radical (unpaired) electrons. The third-order valence-corrected chi connectivity index (χ3v) is 6.11. The van der Waals surface area contributed by atoms with E-state index in [2.05, 4.69) is 30.8 Å². The maximum absolute atomic E-state index is 12.3. The molecular weight excluding hydrogens is 510 g/mol. The Morgan fingerprint density at radius 2 is 1.86 bits per heavy atom. The summed E-state index contributed by atoms with van der Waals surface area (Å²) >= 11 is 3.60. The second-order valence-corrected chi connectivity index (χ2v) is 8.90. The maximum atomic E-state index is 12.3. The van der Waals surface area contributed by atoms with Crippen molar-refractivity contribution in [2.24, 2.45) is 0 Å². The monoisotopic (exact) mass is 531 g/mol. The van der Waals surface area contributed by atoms with Crippen molar-refractivity contribution in [1.29, 1.82) is 0 Å². The number of hydrogen-bond acceptors (Lipinski definition) is 6. The summed E-state index contributed by atoms with van der Waals surface area (Å²) in [6.07, 6.45) is 0. The summed E-state index contributed by atoms with van der Waals surface area (Å²) in [6, 6.07) is 23.1. The Morgan fingerprint density at radius 1 is 1.00 bits per heavy atom. The van der Waals surface area contributed by atoms with Crippen LogP contribution in [0.4, 0.5) is 0 Å². The quantitative estimate of drug-likeness (QED) is 0.223. The van der Waals surface area contributed by atoms with Crippen LogP contribution in [0.3, 0.4) is 0 Å². The number of hydrogen-bond donors (Lipinski definition) is 0. The van der Waals surface area contributed by atoms with E-state index in [1.165, 1.54) is 0 Å². The average Bonchev–Trinajstić information content (AvgIpc) is 3.49. The lowest BCUT2D eigenvalue weighted by molar-refractivity contribution is 0.0526. The molecule has 2 aromatic heterocycles. The number of ether oxygens (including phenoxy) is 2. The fourth-order valence-corrected chi connectivity index (χ4v) is 4.35. The van der Waals surface area contributed by atoms with Gasteiger partial charge in [0.1, 0.15) is 23.4 Å². The van der Waals surface area contributed by atoms with Gasteiger partial charge in [0.15, 0.2) is 0 Å². The highest BCUT2D eigenvalue weighted by atomic mass is 79.9. The van der Waals surface area contributed by atoms with Gasteiger partial charge < -0.3 is 14.0 Å². The molecule has 0 N–H and O–H groups in total. The minimum atomic E-state index is -0.341. The Kier molecular flexibility index (Phi) is 6.37. The van der Waals surface area contributed by atoms with Gasteiger partial charge in [-0.25, -0.2) is 9.42 Å². The first-order valence-electron chi connectivity index (χ1n) is 11.1. The van der Waals surface area contributed by atoms with Gasteiger partial charge in [0.05, 0.1) is 17.9 Å². The highest BCUT2D eigenvalue weighted by Crippen LogP contribution is 2.36. The first-order chi connectivity index (χ1) is 17.0. The summed E-state index contributed by atoms with van der Waals surface area (Å²) in [5, 5.41) is 7.75. The largest absolute Gasteiger partial charge is 0.488 e. The Hall–Kier alpha value is -3.91. The number of aryl methyl sites for hydroxylation is 1. The van der Waals surface area contributed by atoms with Crippen LogP contribution in [0.2, 0.25) is 0 Å². The van der Waals surface area contributed by atoms with Crippen LogP contribution in [0.1, 0.15) is 28.5 Å². The van der Waals surface area contributed by atoms with Gasteiger partial charge in [-0.1, -0.05) is 28.1 Å².